The topological polar surface area (TPSA) is 38.9 Å². The lowest BCUT2D eigenvalue weighted by molar-refractivity contribution is 0.763. The normalized spacial score (nSPS) is 13.0. The molecular weight excluding hydrogens is 136 g/mol. The first-order chi connectivity index (χ1) is 5.25. The monoisotopic (exact) mass is 150 g/mol. The molecule has 2 N–H and O–H groups in total. The average molecular weight is 150 g/mol. The molecule has 0 aliphatic heterocycles. The minimum atomic E-state index is 0.0474. The summed E-state index contributed by atoms with van der Waals surface area (Å²) in [7, 11) is 0. The highest BCUT2D eigenvalue weighted by Crippen LogP contribution is 2.12. The first-order valence-corrected chi connectivity index (χ1v) is 3.95. The van der Waals surface area contributed by atoms with Crippen molar-refractivity contribution in [1.82, 2.24) is 4.98 Å². The fourth-order valence-corrected chi connectivity index (χ4v) is 1.16. The van der Waals surface area contributed by atoms with Crippen molar-refractivity contribution in [3.8, 4) is 0 Å². The molecule has 60 valence electrons. The quantitative estimate of drug-likeness (QED) is 0.696. The Morgan fingerprint density at radius 2 is 2.36 bits per heavy atom. The highest BCUT2D eigenvalue weighted by molar-refractivity contribution is 5.21. The summed E-state index contributed by atoms with van der Waals surface area (Å²) in [6.45, 7) is 4.07. The molecule has 0 bridgehead atoms. The third-order valence-corrected chi connectivity index (χ3v) is 1.74. The minimum absolute atomic E-state index is 0.0474. The van der Waals surface area contributed by atoms with Gasteiger partial charge < -0.3 is 5.73 Å². The lowest BCUT2D eigenvalue weighted by atomic mass is 10.1. The van der Waals surface area contributed by atoms with Crippen LogP contribution in [0.25, 0.3) is 0 Å². The molecule has 0 saturated carbocycles. The molecule has 0 amide bonds. The Morgan fingerprint density at radius 3 is 2.82 bits per heavy atom. The summed E-state index contributed by atoms with van der Waals surface area (Å²) in [6, 6.07) is 4.07. The van der Waals surface area contributed by atoms with E-state index in [-0.39, 0.29) is 6.04 Å². The van der Waals surface area contributed by atoms with E-state index in [2.05, 4.69) is 18.0 Å². The summed E-state index contributed by atoms with van der Waals surface area (Å²) < 4.78 is 0. The van der Waals surface area contributed by atoms with Crippen LogP contribution in [0, 0.1) is 0 Å². The zero-order valence-electron chi connectivity index (χ0n) is 7.04. The average Bonchev–Trinajstić information content (AvgIpc) is 2.04. The van der Waals surface area contributed by atoms with Crippen molar-refractivity contribution in [2.75, 3.05) is 0 Å². The van der Waals surface area contributed by atoms with Crippen LogP contribution < -0.4 is 5.73 Å². The van der Waals surface area contributed by atoms with Gasteiger partial charge in [0.1, 0.15) is 0 Å². The van der Waals surface area contributed by atoms with E-state index in [0.717, 1.165) is 12.1 Å². The van der Waals surface area contributed by atoms with Crippen LogP contribution in [0.1, 0.15) is 31.1 Å². The van der Waals surface area contributed by atoms with E-state index in [1.165, 1.54) is 5.56 Å². The predicted octanol–water partition coefficient (Wildman–Crippen LogP) is 1.66. The van der Waals surface area contributed by atoms with E-state index in [1.54, 1.807) is 6.20 Å². The lowest BCUT2D eigenvalue weighted by Gasteiger charge is -2.08. The van der Waals surface area contributed by atoms with E-state index in [4.69, 9.17) is 5.73 Å². The highest BCUT2D eigenvalue weighted by Gasteiger charge is 2.04. The minimum Gasteiger partial charge on any atom is -0.323 e. The molecule has 0 aliphatic rings. The van der Waals surface area contributed by atoms with Crippen LogP contribution >= 0.6 is 0 Å². The maximum Gasteiger partial charge on any atom is 0.0599 e. The number of hydrogen-bond donors (Lipinski definition) is 1. The SMILES string of the molecule is CCc1cccnc1[C@H](C)N. The number of nitrogens with zero attached hydrogens (tertiary/aromatic N) is 1. The van der Waals surface area contributed by atoms with Gasteiger partial charge in [0.05, 0.1) is 5.69 Å². The molecule has 1 heterocycles. The molecule has 0 spiro atoms. The molecule has 1 rings (SSSR count). The molecule has 0 radical (unpaired) electrons. The van der Waals surface area contributed by atoms with Crippen molar-refractivity contribution >= 4 is 0 Å². The van der Waals surface area contributed by atoms with Gasteiger partial charge >= 0.3 is 0 Å². The molecule has 1 atom stereocenters. The summed E-state index contributed by atoms with van der Waals surface area (Å²) >= 11 is 0. The molecule has 2 heteroatoms. The van der Waals surface area contributed by atoms with Crippen molar-refractivity contribution in [3.63, 3.8) is 0 Å². The number of nitrogens with two attached hydrogens (primary N) is 1. The summed E-state index contributed by atoms with van der Waals surface area (Å²) in [5.74, 6) is 0. The van der Waals surface area contributed by atoms with Crippen molar-refractivity contribution in [1.29, 1.82) is 0 Å². The van der Waals surface area contributed by atoms with Gasteiger partial charge in [0.15, 0.2) is 0 Å². The number of pyridine rings is 1. The van der Waals surface area contributed by atoms with E-state index < -0.39 is 0 Å². The van der Waals surface area contributed by atoms with Crippen LogP contribution in [-0.4, -0.2) is 4.98 Å². The standard InChI is InChI=1S/C9H14N2/c1-3-8-5-4-6-11-9(8)7(2)10/h4-7H,3,10H2,1-2H3/t7-/m0/s1. The largest absolute Gasteiger partial charge is 0.323 e. The summed E-state index contributed by atoms with van der Waals surface area (Å²) in [5, 5.41) is 0. The third kappa shape index (κ3) is 1.77. The molecular formula is C9H14N2. The second-order valence-corrected chi connectivity index (χ2v) is 2.69. The van der Waals surface area contributed by atoms with Crippen LogP contribution in [-0.2, 0) is 6.42 Å². The van der Waals surface area contributed by atoms with Gasteiger partial charge in [-0.05, 0) is 25.0 Å². The first-order valence-electron chi connectivity index (χ1n) is 3.95. The smallest absolute Gasteiger partial charge is 0.0599 e. The summed E-state index contributed by atoms with van der Waals surface area (Å²) in [6.07, 6.45) is 2.79. The molecule has 11 heavy (non-hydrogen) atoms. The van der Waals surface area contributed by atoms with Crippen molar-refractivity contribution in [2.24, 2.45) is 5.73 Å². The zero-order valence-corrected chi connectivity index (χ0v) is 7.04. The molecule has 2 nitrogen and oxygen atoms in total. The Labute approximate surface area is 67.5 Å². The maximum absolute atomic E-state index is 5.73. The van der Waals surface area contributed by atoms with Crippen LogP contribution in [0.3, 0.4) is 0 Å². The van der Waals surface area contributed by atoms with Crippen molar-refractivity contribution in [2.45, 2.75) is 26.3 Å². The molecule has 1 aromatic heterocycles. The van der Waals surface area contributed by atoms with Crippen LogP contribution in [0.2, 0.25) is 0 Å². The second-order valence-electron chi connectivity index (χ2n) is 2.69. The van der Waals surface area contributed by atoms with Gasteiger partial charge in [-0.1, -0.05) is 13.0 Å². The molecule has 0 aromatic carbocycles. The van der Waals surface area contributed by atoms with Crippen molar-refractivity contribution in [3.05, 3.63) is 29.6 Å². The van der Waals surface area contributed by atoms with E-state index in [0.29, 0.717) is 0 Å². The van der Waals surface area contributed by atoms with Crippen molar-refractivity contribution < 1.29 is 0 Å². The fourth-order valence-electron chi connectivity index (χ4n) is 1.16. The van der Waals surface area contributed by atoms with Gasteiger partial charge in [0, 0.05) is 12.2 Å². The zero-order chi connectivity index (χ0) is 8.27. The van der Waals surface area contributed by atoms with Gasteiger partial charge in [0.2, 0.25) is 0 Å². The number of hydrogen-bond acceptors (Lipinski definition) is 2. The predicted molar refractivity (Wildman–Crippen MR) is 46.2 cm³/mol. The molecule has 1 aromatic rings. The lowest BCUT2D eigenvalue weighted by Crippen LogP contribution is -2.09. The molecule has 0 aliphatic carbocycles. The molecule has 0 saturated heterocycles. The summed E-state index contributed by atoms with van der Waals surface area (Å²) in [4.78, 5) is 4.22. The Kier molecular flexibility index (Phi) is 2.60. The van der Waals surface area contributed by atoms with Gasteiger partial charge in [-0.25, -0.2) is 0 Å². The van der Waals surface area contributed by atoms with E-state index in [9.17, 15) is 0 Å². The van der Waals surface area contributed by atoms with E-state index in [1.807, 2.05) is 13.0 Å². The van der Waals surface area contributed by atoms with Crippen LogP contribution in [0.5, 0.6) is 0 Å². The van der Waals surface area contributed by atoms with E-state index >= 15 is 0 Å². The second kappa shape index (κ2) is 3.49. The number of aromatic nitrogens is 1. The molecule has 0 fully saturated rings. The van der Waals surface area contributed by atoms with Crippen LogP contribution in [0.15, 0.2) is 18.3 Å². The molecule has 0 unspecified atom stereocenters. The Morgan fingerprint density at radius 1 is 1.64 bits per heavy atom. The number of rotatable bonds is 2. The highest BCUT2D eigenvalue weighted by atomic mass is 14.8. The van der Waals surface area contributed by atoms with Crippen LogP contribution in [0.4, 0.5) is 0 Å². The van der Waals surface area contributed by atoms with Gasteiger partial charge in [-0.15, -0.1) is 0 Å². The first kappa shape index (κ1) is 8.21. The van der Waals surface area contributed by atoms with Gasteiger partial charge in [-0.3, -0.25) is 4.98 Å². The fraction of sp³-hybridized carbons (Fsp3) is 0.444. The third-order valence-electron chi connectivity index (χ3n) is 1.74. The Bertz CT molecular complexity index is 231. The Hall–Kier alpha value is -0.890. The maximum atomic E-state index is 5.73. The Balaban J connectivity index is 3.02. The van der Waals surface area contributed by atoms with Gasteiger partial charge in [0.25, 0.3) is 0 Å². The summed E-state index contributed by atoms with van der Waals surface area (Å²) in [5.41, 5.74) is 8.00. The number of aryl methyl sites for hydroxylation is 1. The van der Waals surface area contributed by atoms with Gasteiger partial charge in [-0.2, -0.15) is 0 Å².